The lowest BCUT2D eigenvalue weighted by atomic mass is 9.91. The van der Waals surface area contributed by atoms with E-state index in [1.807, 2.05) is 12.1 Å². The van der Waals surface area contributed by atoms with Crippen molar-refractivity contribution in [2.24, 2.45) is 0 Å². The molecule has 4 rings (SSSR count). The average molecular weight is 279 g/mol. The van der Waals surface area contributed by atoms with Crippen LogP contribution in [0, 0.1) is 0 Å². The summed E-state index contributed by atoms with van der Waals surface area (Å²) in [6.07, 6.45) is 0. The van der Waals surface area contributed by atoms with Crippen LogP contribution in [0.3, 0.4) is 0 Å². The minimum absolute atomic E-state index is 0.773. The minimum atomic E-state index is 0.773. The van der Waals surface area contributed by atoms with Crippen LogP contribution in [0.4, 0.5) is 0 Å². The quantitative estimate of drug-likeness (QED) is 0.411. The number of rotatable bonds is 0. The van der Waals surface area contributed by atoms with Crippen LogP contribution in [-0.2, 0) is 0 Å². The van der Waals surface area contributed by atoms with E-state index in [-0.39, 0.29) is 0 Å². The van der Waals surface area contributed by atoms with E-state index in [4.69, 9.17) is 19.4 Å². The summed E-state index contributed by atoms with van der Waals surface area (Å²) in [5.74, 6) is 0. The van der Waals surface area contributed by atoms with Crippen LogP contribution in [-0.4, -0.2) is 7.85 Å². The van der Waals surface area contributed by atoms with Gasteiger partial charge >= 0.3 is 0 Å². The van der Waals surface area contributed by atoms with E-state index in [9.17, 15) is 0 Å². The highest BCUT2D eigenvalue weighted by Gasteiger charge is 2.11. The van der Waals surface area contributed by atoms with Gasteiger partial charge in [0.25, 0.3) is 0 Å². The standard InChI is InChI=1S/C16H8BClS/c17-12-7-8-13(18)16-14(12)11-6-5-9-3-1-2-4-10(9)15(11)19-16/h1-8H. The first-order chi connectivity index (χ1) is 9.25. The van der Waals surface area contributed by atoms with Crippen molar-refractivity contribution in [1.29, 1.82) is 0 Å². The number of benzene rings is 3. The molecule has 2 radical (unpaired) electrons. The lowest BCUT2D eigenvalue weighted by Gasteiger charge is -2.00. The number of hydrogen-bond acceptors (Lipinski definition) is 1. The first kappa shape index (κ1) is 11.3. The third-order valence-corrected chi connectivity index (χ3v) is 5.19. The van der Waals surface area contributed by atoms with Gasteiger partial charge in [0.2, 0.25) is 0 Å². The Morgan fingerprint density at radius 2 is 1.68 bits per heavy atom. The molecular weight excluding hydrogens is 271 g/mol. The summed E-state index contributed by atoms with van der Waals surface area (Å²) >= 11 is 8.03. The largest absolute Gasteiger partial charge is 0.133 e. The Labute approximate surface area is 121 Å². The van der Waals surface area contributed by atoms with E-state index >= 15 is 0 Å². The number of thiophene rings is 1. The van der Waals surface area contributed by atoms with Crippen molar-refractivity contribution in [1.82, 2.24) is 0 Å². The van der Waals surface area contributed by atoms with Crippen LogP contribution in [0.25, 0.3) is 30.9 Å². The third kappa shape index (κ3) is 1.54. The summed E-state index contributed by atoms with van der Waals surface area (Å²) in [6, 6.07) is 16.4. The molecule has 0 N–H and O–H groups in total. The normalized spacial score (nSPS) is 11.6. The van der Waals surface area contributed by atoms with Gasteiger partial charge in [0.05, 0.1) is 9.72 Å². The third-order valence-electron chi connectivity index (χ3n) is 3.49. The highest BCUT2D eigenvalue weighted by molar-refractivity contribution is 7.27. The van der Waals surface area contributed by atoms with Crippen LogP contribution in [0.5, 0.6) is 0 Å². The monoisotopic (exact) mass is 278 g/mol. The minimum Gasteiger partial charge on any atom is -0.133 e. The molecule has 1 aromatic heterocycles. The molecule has 4 aromatic rings. The van der Waals surface area contributed by atoms with Gasteiger partial charge in [-0.3, -0.25) is 0 Å². The summed E-state index contributed by atoms with van der Waals surface area (Å²) in [5.41, 5.74) is 0.793. The Balaban J connectivity index is 2.35. The van der Waals surface area contributed by atoms with Crippen LogP contribution < -0.4 is 5.46 Å². The molecule has 1 heterocycles. The number of halogens is 1. The van der Waals surface area contributed by atoms with Gasteiger partial charge in [-0.15, -0.1) is 11.3 Å². The zero-order valence-electron chi connectivity index (χ0n) is 9.98. The number of fused-ring (bicyclic) bond motifs is 5. The zero-order chi connectivity index (χ0) is 13.0. The van der Waals surface area contributed by atoms with E-state index in [0.717, 1.165) is 20.6 Å². The van der Waals surface area contributed by atoms with Crippen molar-refractivity contribution >= 4 is 67.2 Å². The van der Waals surface area contributed by atoms with E-state index in [0.29, 0.717) is 0 Å². The molecule has 0 amide bonds. The van der Waals surface area contributed by atoms with Crippen molar-refractivity contribution in [3.05, 3.63) is 53.6 Å². The molecule has 0 saturated carbocycles. The second-order valence-corrected chi connectivity index (χ2v) is 6.03. The predicted octanol–water partition coefficient (Wildman–Crippen LogP) is 4.65. The zero-order valence-corrected chi connectivity index (χ0v) is 11.6. The highest BCUT2D eigenvalue weighted by Crippen LogP contribution is 2.40. The summed E-state index contributed by atoms with van der Waals surface area (Å²) in [5, 5.41) is 5.55. The van der Waals surface area contributed by atoms with Crippen molar-refractivity contribution in [2.75, 3.05) is 0 Å². The molecular formula is C16H8BClS. The lowest BCUT2D eigenvalue weighted by Crippen LogP contribution is -2.01. The van der Waals surface area contributed by atoms with Crippen LogP contribution in [0.1, 0.15) is 0 Å². The Morgan fingerprint density at radius 3 is 2.58 bits per heavy atom. The van der Waals surface area contributed by atoms with Gasteiger partial charge in [-0.05, 0) is 22.2 Å². The maximum atomic E-state index is 6.31. The van der Waals surface area contributed by atoms with Crippen LogP contribution in [0.2, 0.25) is 5.02 Å². The van der Waals surface area contributed by atoms with Crippen molar-refractivity contribution < 1.29 is 0 Å². The number of hydrogen-bond donors (Lipinski definition) is 0. The molecule has 0 aliphatic carbocycles. The second-order valence-electron chi connectivity index (χ2n) is 4.61. The first-order valence-electron chi connectivity index (χ1n) is 6.03. The van der Waals surface area contributed by atoms with Crippen LogP contribution in [0.15, 0.2) is 48.5 Å². The van der Waals surface area contributed by atoms with E-state index < -0.39 is 0 Å². The first-order valence-corrected chi connectivity index (χ1v) is 7.23. The van der Waals surface area contributed by atoms with Gasteiger partial charge in [0.1, 0.15) is 7.85 Å². The highest BCUT2D eigenvalue weighted by atomic mass is 35.5. The molecule has 19 heavy (non-hydrogen) atoms. The molecule has 0 fully saturated rings. The molecule has 0 aliphatic heterocycles. The van der Waals surface area contributed by atoms with Crippen LogP contribution >= 0.6 is 22.9 Å². The SMILES string of the molecule is [B]c1ccc(Cl)c2sc3c4ccccc4ccc3c12. The van der Waals surface area contributed by atoms with E-state index in [1.165, 1.54) is 20.9 Å². The summed E-state index contributed by atoms with van der Waals surface area (Å²) < 4.78 is 2.33. The maximum Gasteiger partial charge on any atom is 0.114 e. The van der Waals surface area contributed by atoms with Gasteiger partial charge in [0, 0.05) is 10.1 Å². The van der Waals surface area contributed by atoms with Gasteiger partial charge in [0.15, 0.2) is 0 Å². The lowest BCUT2D eigenvalue weighted by molar-refractivity contribution is 1.82. The van der Waals surface area contributed by atoms with E-state index in [1.54, 1.807) is 11.3 Å². The predicted molar refractivity (Wildman–Crippen MR) is 87.2 cm³/mol. The Hall–Kier alpha value is -1.51. The summed E-state index contributed by atoms with van der Waals surface area (Å²) in [7, 11) is 6.13. The molecule has 0 spiro atoms. The molecule has 0 bridgehead atoms. The Bertz CT molecular complexity index is 940. The van der Waals surface area contributed by atoms with Crippen molar-refractivity contribution in [2.45, 2.75) is 0 Å². The second kappa shape index (κ2) is 3.99. The molecule has 3 aromatic carbocycles. The molecule has 88 valence electrons. The van der Waals surface area contributed by atoms with Gasteiger partial charge in [-0.1, -0.05) is 59.5 Å². The van der Waals surface area contributed by atoms with Gasteiger partial charge in [-0.2, -0.15) is 0 Å². The van der Waals surface area contributed by atoms with Gasteiger partial charge in [-0.25, -0.2) is 0 Å². The fraction of sp³-hybridized carbons (Fsp3) is 0. The molecule has 0 aliphatic rings. The molecule has 0 nitrogen and oxygen atoms in total. The summed E-state index contributed by atoms with van der Waals surface area (Å²) in [6.45, 7) is 0. The smallest absolute Gasteiger partial charge is 0.114 e. The molecule has 0 saturated heterocycles. The summed E-state index contributed by atoms with van der Waals surface area (Å²) in [4.78, 5) is 0. The average Bonchev–Trinajstić information content (AvgIpc) is 2.84. The molecule has 3 heteroatoms. The van der Waals surface area contributed by atoms with Gasteiger partial charge < -0.3 is 0 Å². The topological polar surface area (TPSA) is 0 Å². The Morgan fingerprint density at radius 1 is 0.842 bits per heavy atom. The molecule has 0 atom stereocenters. The van der Waals surface area contributed by atoms with Crippen molar-refractivity contribution in [3.8, 4) is 0 Å². The maximum absolute atomic E-state index is 6.31. The van der Waals surface area contributed by atoms with E-state index in [2.05, 4.69) is 36.4 Å². The fourth-order valence-electron chi connectivity index (χ4n) is 2.60. The molecule has 0 unspecified atom stereocenters. The van der Waals surface area contributed by atoms with Crippen molar-refractivity contribution in [3.63, 3.8) is 0 Å². The Kier molecular flexibility index (Phi) is 2.38. The fourth-order valence-corrected chi connectivity index (χ4v) is 4.15.